The molecule has 0 bridgehead atoms. The van der Waals surface area contributed by atoms with Crippen LogP contribution in [-0.4, -0.2) is 4.98 Å². The van der Waals surface area contributed by atoms with Crippen LogP contribution in [0.1, 0.15) is 35.3 Å². The lowest BCUT2D eigenvalue weighted by Crippen LogP contribution is -2.18. The number of aryl methyl sites for hydroxylation is 2. The Hall–Kier alpha value is -1.67. The van der Waals surface area contributed by atoms with Crippen LogP contribution in [0.15, 0.2) is 42.6 Å². The minimum Gasteiger partial charge on any atom is -0.305 e. The Morgan fingerprint density at radius 1 is 1.00 bits per heavy atom. The number of pyridine rings is 1. The van der Waals surface area contributed by atoms with E-state index in [1.807, 2.05) is 6.20 Å². The van der Waals surface area contributed by atoms with Crippen molar-refractivity contribution < 1.29 is 0 Å². The van der Waals surface area contributed by atoms with Gasteiger partial charge in [0.05, 0.1) is 5.69 Å². The number of nitrogens with one attached hydrogen (secondary N) is 1. The quantitative estimate of drug-likeness (QED) is 0.884. The summed E-state index contributed by atoms with van der Waals surface area (Å²) in [6.45, 7) is 7.14. The molecule has 1 atom stereocenters. The van der Waals surface area contributed by atoms with E-state index in [9.17, 15) is 0 Å². The lowest BCUT2D eigenvalue weighted by atomic mass is 10.1. The molecule has 0 aliphatic heterocycles. The summed E-state index contributed by atoms with van der Waals surface area (Å²) in [6.07, 6.45) is 1.91. The van der Waals surface area contributed by atoms with E-state index in [2.05, 4.69) is 67.5 Å². The van der Waals surface area contributed by atoms with Gasteiger partial charge in [0.2, 0.25) is 0 Å². The van der Waals surface area contributed by atoms with Crippen LogP contribution in [0.2, 0.25) is 0 Å². The monoisotopic (exact) mass is 240 g/mol. The highest BCUT2D eigenvalue weighted by Gasteiger charge is 2.04. The van der Waals surface area contributed by atoms with E-state index in [0.29, 0.717) is 6.04 Å². The molecule has 2 aromatic rings. The molecule has 1 N–H and O–H groups in total. The van der Waals surface area contributed by atoms with E-state index in [-0.39, 0.29) is 0 Å². The van der Waals surface area contributed by atoms with Gasteiger partial charge in [0.15, 0.2) is 0 Å². The van der Waals surface area contributed by atoms with E-state index in [1.54, 1.807) is 0 Å². The molecule has 18 heavy (non-hydrogen) atoms. The van der Waals surface area contributed by atoms with Gasteiger partial charge in [-0.15, -0.1) is 0 Å². The van der Waals surface area contributed by atoms with E-state index in [1.165, 1.54) is 16.7 Å². The van der Waals surface area contributed by atoms with Crippen molar-refractivity contribution >= 4 is 0 Å². The summed E-state index contributed by atoms with van der Waals surface area (Å²) < 4.78 is 0. The van der Waals surface area contributed by atoms with Gasteiger partial charge in [-0.3, -0.25) is 4.98 Å². The minimum absolute atomic E-state index is 0.341. The van der Waals surface area contributed by atoms with Crippen molar-refractivity contribution in [1.29, 1.82) is 0 Å². The van der Waals surface area contributed by atoms with E-state index < -0.39 is 0 Å². The van der Waals surface area contributed by atoms with Gasteiger partial charge in [0.25, 0.3) is 0 Å². The SMILES string of the molecule is Cc1ccc([C@H](C)NCc2ccc(C)cn2)cc1. The second kappa shape index (κ2) is 5.78. The maximum absolute atomic E-state index is 4.40. The molecule has 94 valence electrons. The second-order valence-corrected chi connectivity index (χ2v) is 4.84. The first-order valence-electron chi connectivity index (χ1n) is 6.36. The highest BCUT2D eigenvalue weighted by Crippen LogP contribution is 2.13. The summed E-state index contributed by atoms with van der Waals surface area (Å²) >= 11 is 0. The van der Waals surface area contributed by atoms with E-state index in [4.69, 9.17) is 0 Å². The van der Waals surface area contributed by atoms with Crippen LogP contribution < -0.4 is 5.32 Å². The molecule has 2 rings (SSSR count). The zero-order valence-electron chi connectivity index (χ0n) is 11.3. The highest BCUT2D eigenvalue weighted by atomic mass is 14.9. The molecular weight excluding hydrogens is 220 g/mol. The number of benzene rings is 1. The van der Waals surface area contributed by atoms with Gasteiger partial charge in [0, 0.05) is 18.8 Å². The van der Waals surface area contributed by atoms with Gasteiger partial charge in [-0.25, -0.2) is 0 Å². The third kappa shape index (κ3) is 3.41. The molecule has 0 unspecified atom stereocenters. The third-order valence-electron chi connectivity index (χ3n) is 3.14. The van der Waals surface area contributed by atoms with Crippen molar-refractivity contribution in [1.82, 2.24) is 10.3 Å². The first-order chi connectivity index (χ1) is 8.65. The number of aromatic nitrogens is 1. The van der Waals surface area contributed by atoms with Crippen LogP contribution in [-0.2, 0) is 6.54 Å². The Kier molecular flexibility index (Phi) is 4.11. The summed E-state index contributed by atoms with van der Waals surface area (Å²) in [7, 11) is 0. The first-order valence-corrected chi connectivity index (χ1v) is 6.36. The lowest BCUT2D eigenvalue weighted by Gasteiger charge is -2.14. The molecule has 0 saturated carbocycles. The molecule has 2 nitrogen and oxygen atoms in total. The average Bonchev–Trinajstić information content (AvgIpc) is 2.38. The molecule has 0 amide bonds. The zero-order valence-corrected chi connectivity index (χ0v) is 11.3. The molecule has 0 aliphatic carbocycles. The Labute approximate surface area is 109 Å². The maximum atomic E-state index is 4.40. The van der Waals surface area contributed by atoms with Crippen LogP contribution in [0.3, 0.4) is 0 Å². The molecular formula is C16H20N2. The Morgan fingerprint density at radius 2 is 1.67 bits per heavy atom. The maximum Gasteiger partial charge on any atom is 0.0542 e. The summed E-state index contributed by atoms with van der Waals surface area (Å²) in [5.41, 5.74) is 4.89. The van der Waals surface area contributed by atoms with Gasteiger partial charge in [-0.1, -0.05) is 35.9 Å². The average molecular weight is 240 g/mol. The fourth-order valence-corrected chi connectivity index (χ4v) is 1.83. The molecule has 1 heterocycles. The molecule has 1 aromatic heterocycles. The summed E-state index contributed by atoms with van der Waals surface area (Å²) in [5, 5.41) is 3.49. The van der Waals surface area contributed by atoms with Gasteiger partial charge in [0.1, 0.15) is 0 Å². The molecule has 0 spiro atoms. The van der Waals surface area contributed by atoms with Crippen molar-refractivity contribution in [2.45, 2.75) is 33.4 Å². The summed E-state index contributed by atoms with van der Waals surface area (Å²) in [6, 6.07) is 13.2. The summed E-state index contributed by atoms with van der Waals surface area (Å²) in [5.74, 6) is 0. The van der Waals surface area contributed by atoms with Gasteiger partial charge < -0.3 is 5.32 Å². The molecule has 0 fully saturated rings. The van der Waals surface area contributed by atoms with Crippen molar-refractivity contribution in [2.75, 3.05) is 0 Å². The van der Waals surface area contributed by atoms with E-state index in [0.717, 1.165) is 12.2 Å². The van der Waals surface area contributed by atoms with Crippen molar-refractivity contribution in [3.8, 4) is 0 Å². The fraction of sp³-hybridized carbons (Fsp3) is 0.312. The van der Waals surface area contributed by atoms with Crippen LogP contribution in [0.5, 0.6) is 0 Å². The highest BCUT2D eigenvalue weighted by molar-refractivity contribution is 5.23. The van der Waals surface area contributed by atoms with Crippen LogP contribution in [0.4, 0.5) is 0 Å². The number of hydrogen-bond donors (Lipinski definition) is 1. The van der Waals surface area contributed by atoms with Crippen molar-refractivity contribution in [3.05, 3.63) is 65.0 Å². The molecule has 1 aromatic carbocycles. The molecule has 0 saturated heterocycles. The standard InChI is InChI=1S/C16H20N2/c1-12-4-7-15(8-5-12)14(3)17-11-16-9-6-13(2)10-18-16/h4-10,14,17H,11H2,1-3H3/t14-/m0/s1. The Bertz CT molecular complexity index is 486. The van der Waals surface area contributed by atoms with Crippen LogP contribution >= 0.6 is 0 Å². The third-order valence-corrected chi connectivity index (χ3v) is 3.14. The van der Waals surface area contributed by atoms with Crippen LogP contribution in [0.25, 0.3) is 0 Å². The van der Waals surface area contributed by atoms with Gasteiger partial charge in [-0.2, -0.15) is 0 Å². The predicted molar refractivity (Wildman–Crippen MR) is 75.4 cm³/mol. The predicted octanol–water partition coefficient (Wildman–Crippen LogP) is 3.55. The molecule has 0 aliphatic rings. The lowest BCUT2D eigenvalue weighted by molar-refractivity contribution is 0.567. The van der Waals surface area contributed by atoms with Crippen molar-refractivity contribution in [3.63, 3.8) is 0 Å². The van der Waals surface area contributed by atoms with Crippen molar-refractivity contribution in [2.24, 2.45) is 0 Å². The zero-order chi connectivity index (χ0) is 13.0. The smallest absolute Gasteiger partial charge is 0.0542 e. The Balaban J connectivity index is 1.93. The van der Waals surface area contributed by atoms with Gasteiger partial charge in [-0.05, 0) is 38.0 Å². The number of rotatable bonds is 4. The molecule has 2 heteroatoms. The van der Waals surface area contributed by atoms with Crippen LogP contribution in [0, 0.1) is 13.8 Å². The largest absolute Gasteiger partial charge is 0.305 e. The van der Waals surface area contributed by atoms with E-state index >= 15 is 0 Å². The normalized spacial score (nSPS) is 12.4. The second-order valence-electron chi connectivity index (χ2n) is 4.84. The van der Waals surface area contributed by atoms with Gasteiger partial charge >= 0.3 is 0 Å². The molecule has 0 radical (unpaired) electrons. The summed E-state index contributed by atoms with van der Waals surface area (Å²) in [4.78, 5) is 4.40. The first kappa shape index (κ1) is 12.8. The topological polar surface area (TPSA) is 24.9 Å². The Morgan fingerprint density at radius 3 is 2.28 bits per heavy atom. The number of hydrogen-bond acceptors (Lipinski definition) is 2. The fourth-order valence-electron chi connectivity index (χ4n) is 1.83. The number of nitrogens with zero attached hydrogens (tertiary/aromatic N) is 1. The minimum atomic E-state index is 0.341.